The molecular weight excluding hydrogens is 218 g/mol. The van der Waals surface area contributed by atoms with Crippen LogP contribution in [0.4, 0.5) is 5.82 Å². The fraction of sp³-hybridized carbons (Fsp3) is 0.667. The summed E-state index contributed by atoms with van der Waals surface area (Å²) in [5.41, 5.74) is 1.16. The van der Waals surface area contributed by atoms with Crippen LogP contribution in [0, 0.1) is 13.8 Å². The van der Waals surface area contributed by atoms with Gasteiger partial charge in [-0.1, -0.05) is 19.8 Å². The molecule has 90 valence electrons. The summed E-state index contributed by atoms with van der Waals surface area (Å²) in [4.78, 5) is 8.85. The van der Waals surface area contributed by atoms with E-state index in [0.29, 0.717) is 0 Å². The first-order valence-corrected chi connectivity index (χ1v) is 6.83. The van der Waals surface area contributed by atoms with E-state index in [1.54, 1.807) is 0 Å². The molecule has 1 N–H and O–H groups in total. The van der Waals surface area contributed by atoms with Crippen LogP contribution in [0.15, 0.2) is 5.03 Å². The van der Waals surface area contributed by atoms with E-state index < -0.39 is 0 Å². The Morgan fingerprint density at radius 2 is 1.94 bits per heavy atom. The third kappa shape index (κ3) is 3.67. The van der Waals surface area contributed by atoms with Gasteiger partial charge in [-0.3, -0.25) is 0 Å². The second-order valence-corrected chi connectivity index (χ2v) is 4.94. The summed E-state index contributed by atoms with van der Waals surface area (Å²) in [6.45, 7) is 6.24. The molecule has 16 heavy (non-hydrogen) atoms. The van der Waals surface area contributed by atoms with Crippen LogP contribution in [-0.4, -0.2) is 22.8 Å². The molecule has 1 aromatic rings. The highest BCUT2D eigenvalue weighted by atomic mass is 32.2. The number of anilines is 1. The molecule has 0 unspecified atom stereocenters. The predicted octanol–water partition coefficient (Wildman–Crippen LogP) is 3.42. The fourth-order valence-corrected chi connectivity index (χ4v) is 2.56. The predicted molar refractivity (Wildman–Crippen MR) is 71.3 cm³/mol. The topological polar surface area (TPSA) is 37.8 Å². The number of hydrogen-bond donors (Lipinski definition) is 1. The standard InChI is InChI=1S/C12H21N3S/c1-5-6-7-8-16-12-9(2)11(13-4)14-10(3)15-12/h5-8H2,1-4H3,(H,13,14,15). The smallest absolute Gasteiger partial charge is 0.133 e. The van der Waals surface area contributed by atoms with Crippen molar-refractivity contribution in [3.63, 3.8) is 0 Å². The Balaban J connectivity index is 2.67. The zero-order valence-electron chi connectivity index (χ0n) is 10.6. The fourth-order valence-electron chi connectivity index (χ4n) is 1.51. The molecule has 0 fully saturated rings. The minimum absolute atomic E-state index is 0.841. The third-order valence-corrected chi connectivity index (χ3v) is 3.60. The molecule has 0 spiro atoms. The second kappa shape index (κ2) is 6.74. The van der Waals surface area contributed by atoms with E-state index in [9.17, 15) is 0 Å². The Kier molecular flexibility index (Phi) is 5.60. The van der Waals surface area contributed by atoms with Crippen LogP contribution in [0.5, 0.6) is 0 Å². The number of nitrogens with zero attached hydrogens (tertiary/aromatic N) is 2. The van der Waals surface area contributed by atoms with Gasteiger partial charge in [0, 0.05) is 12.6 Å². The van der Waals surface area contributed by atoms with Gasteiger partial charge in [-0.15, -0.1) is 11.8 Å². The molecule has 1 aromatic heterocycles. The van der Waals surface area contributed by atoms with Gasteiger partial charge in [-0.2, -0.15) is 0 Å². The molecule has 0 bridgehead atoms. The first-order chi connectivity index (χ1) is 7.69. The van der Waals surface area contributed by atoms with Crippen molar-refractivity contribution in [1.82, 2.24) is 9.97 Å². The van der Waals surface area contributed by atoms with Crippen LogP contribution in [0.25, 0.3) is 0 Å². The first-order valence-electron chi connectivity index (χ1n) is 5.84. The minimum Gasteiger partial charge on any atom is -0.373 e. The lowest BCUT2D eigenvalue weighted by atomic mass is 10.3. The zero-order chi connectivity index (χ0) is 12.0. The van der Waals surface area contributed by atoms with Crippen LogP contribution in [0.3, 0.4) is 0 Å². The largest absolute Gasteiger partial charge is 0.373 e. The Hall–Kier alpha value is -0.770. The van der Waals surface area contributed by atoms with Gasteiger partial charge in [0.05, 0.1) is 0 Å². The lowest BCUT2D eigenvalue weighted by Crippen LogP contribution is -2.02. The molecular formula is C12H21N3S. The van der Waals surface area contributed by atoms with E-state index in [1.165, 1.54) is 19.3 Å². The normalized spacial score (nSPS) is 10.5. The summed E-state index contributed by atoms with van der Waals surface area (Å²) in [7, 11) is 1.90. The first kappa shape index (κ1) is 13.3. The summed E-state index contributed by atoms with van der Waals surface area (Å²) in [6.07, 6.45) is 3.83. The van der Waals surface area contributed by atoms with E-state index >= 15 is 0 Å². The number of thioether (sulfide) groups is 1. The number of nitrogens with one attached hydrogen (secondary N) is 1. The Labute approximate surface area is 102 Å². The van der Waals surface area contributed by atoms with Gasteiger partial charge in [-0.05, 0) is 26.0 Å². The van der Waals surface area contributed by atoms with Crippen LogP contribution >= 0.6 is 11.8 Å². The lowest BCUT2D eigenvalue weighted by Gasteiger charge is -2.10. The van der Waals surface area contributed by atoms with Gasteiger partial charge in [-0.25, -0.2) is 9.97 Å². The highest BCUT2D eigenvalue weighted by Crippen LogP contribution is 2.25. The van der Waals surface area contributed by atoms with Crippen LogP contribution < -0.4 is 5.32 Å². The molecule has 0 aromatic carbocycles. The molecule has 0 aliphatic heterocycles. The molecule has 0 aliphatic rings. The summed E-state index contributed by atoms with van der Waals surface area (Å²) in [6, 6.07) is 0. The van der Waals surface area contributed by atoms with Crippen LogP contribution in [-0.2, 0) is 0 Å². The molecule has 0 atom stereocenters. The Bertz CT molecular complexity index is 339. The van der Waals surface area contributed by atoms with Gasteiger partial charge in [0.2, 0.25) is 0 Å². The van der Waals surface area contributed by atoms with E-state index in [2.05, 4.69) is 29.1 Å². The summed E-state index contributed by atoms with van der Waals surface area (Å²) in [5.74, 6) is 2.94. The van der Waals surface area contributed by atoms with E-state index in [1.807, 2.05) is 25.7 Å². The van der Waals surface area contributed by atoms with Crippen molar-refractivity contribution in [2.45, 2.75) is 45.1 Å². The van der Waals surface area contributed by atoms with Gasteiger partial charge in [0.15, 0.2) is 0 Å². The van der Waals surface area contributed by atoms with E-state index in [-0.39, 0.29) is 0 Å². The van der Waals surface area contributed by atoms with Crippen molar-refractivity contribution in [3.8, 4) is 0 Å². The highest BCUT2D eigenvalue weighted by molar-refractivity contribution is 7.99. The van der Waals surface area contributed by atoms with Gasteiger partial charge in [0.25, 0.3) is 0 Å². The maximum absolute atomic E-state index is 4.49. The number of aryl methyl sites for hydroxylation is 1. The monoisotopic (exact) mass is 239 g/mol. The van der Waals surface area contributed by atoms with Crippen molar-refractivity contribution >= 4 is 17.6 Å². The highest BCUT2D eigenvalue weighted by Gasteiger charge is 2.07. The summed E-state index contributed by atoms with van der Waals surface area (Å²) >= 11 is 1.84. The quantitative estimate of drug-likeness (QED) is 0.469. The Morgan fingerprint density at radius 3 is 2.56 bits per heavy atom. The lowest BCUT2D eigenvalue weighted by molar-refractivity contribution is 0.777. The van der Waals surface area contributed by atoms with Gasteiger partial charge in [0.1, 0.15) is 16.7 Å². The van der Waals surface area contributed by atoms with Crippen LogP contribution in [0.2, 0.25) is 0 Å². The van der Waals surface area contributed by atoms with Gasteiger partial charge < -0.3 is 5.32 Å². The van der Waals surface area contributed by atoms with E-state index in [0.717, 1.165) is 28.0 Å². The molecule has 0 saturated heterocycles. The molecule has 4 heteroatoms. The molecule has 1 heterocycles. The number of aromatic nitrogens is 2. The molecule has 0 saturated carbocycles. The number of hydrogen-bond acceptors (Lipinski definition) is 4. The zero-order valence-corrected chi connectivity index (χ0v) is 11.4. The van der Waals surface area contributed by atoms with Crippen molar-refractivity contribution in [1.29, 1.82) is 0 Å². The summed E-state index contributed by atoms with van der Waals surface area (Å²) in [5, 5.41) is 4.23. The van der Waals surface area contributed by atoms with E-state index in [4.69, 9.17) is 0 Å². The average molecular weight is 239 g/mol. The minimum atomic E-state index is 0.841. The van der Waals surface area contributed by atoms with Gasteiger partial charge >= 0.3 is 0 Å². The third-order valence-electron chi connectivity index (χ3n) is 2.44. The van der Waals surface area contributed by atoms with Crippen LogP contribution in [0.1, 0.15) is 37.6 Å². The molecule has 1 rings (SSSR count). The van der Waals surface area contributed by atoms with Crippen molar-refractivity contribution in [2.24, 2.45) is 0 Å². The maximum atomic E-state index is 4.49. The SMILES string of the molecule is CCCCCSc1nc(C)nc(NC)c1C. The molecule has 3 nitrogen and oxygen atoms in total. The van der Waals surface area contributed by atoms with Crippen molar-refractivity contribution in [3.05, 3.63) is 11.4 Å². The average Bonchev–Trinajstić information content (AvgIpc) is 2.28. The number of rotatable bonds is 6. The molecule has 0 amide bonds. The Morgan fingerprint density at radius 1 is 1.19 bits per heavy atom. The van der Waals surface area contributed by atoms with Crippen molar-refractivity contribution < 1.29 is 0 Å². The maximum Gasteiger partial charge on any atom is 0.133 e. The summed E-state index contributed by atoms with van der Waals surface area (Å²) < 4.78 is 0. The molecule has 0 aliphatic carbocycles. The van der Waals surface area contributed by atoms with Crippen molar-refractivity contribution in [2.75, 3.05) is 18.1 Å². The second-order valence-electron chi connectivity index (χ2n) is 3.86. The number of unbranched alkanes of at least 4 members (excludes halogenated alkanes) is 2. The molecule has 0 radical (unpaired) electrons.